The number of carbonyl (C=O) groups is 1. The third-order valence-corrected chi connectivity index (χ3v) is 3.14. The molecular formula is C12H24N2O2. The second kappa shape index (κ2) is 7.63. The van der Waals surface area contributed by atoms with Gasteiger partial charge in [0.25, 0.3) is 0 Å². The number of nitrogens with zero attached hydrogens (tertiary/aromatic N) is 1. The Labute approximate surface area is 98.3 Å². The van der Waals surface area contributed by atoms with Crippen LogP contribution in [0.25, 0.3) is 0 Å². The topological polar surface area (TPSA) is 41.6 Å². The Balaban J connectivity index is 2.03. The molecule has 1 rings (SSSR count). The highest BCUT2D eigenvalue weighted by atomic mass is 16.5. The van der Waals surface area contributed by atoms with Gasteiger partial charge >= 0.3 is 0 Å². The molecule has 1 aliphatic heterocycles. The number of rotatable bonds is 8. The highest BCUT2D eigenvalue weighted by Crippen LogP contribution is 2.20. The molecule has 1 aliphatic rings. The first-order valence-electron chi connectivity index (χ1n) is 6.25. The summed E-state index contributed by atoms with van der Waals surface area (Å²) in [4.78, 5) is 13.6. The van der Waals surface area contributed by atoms with Crippen molar-refractivity contribution in [2.24, 2.45) is 5.92 Å². The van der Waals surface area contributed by atoms with Crippen molar-refractivity contribution in [3.8, 4) is 0 Å². The molecule has 94 valence electrons. The minimum Gasteiger partial charge on any atom is -0.383 e. The SMILES string of the molecule is CCC1CC(=O)N(CCCNCCOC)C1. The number of hydrogen-bond acceptors (Lipinski definition) is 3. The molecule has 0 radical (unpaired) electrons. The summed E-state index contributed by atoms with van der Waals surface area (Å²) >= 11 is 0. The molecule has 1 heterocycles. The molecule has 1 saturated heterocycles. The lowest BCUT2D eigenvalue weighted by atomic mass is 10.1. The van der Waals surface area contributed by atoms with E-state index in [0.717, 1.165) is 52.0 Å². The van der Waals surface area contributed by atoms with Crippen LogP contribution in [0.2, 0.25) is 0 Å². The lowest BCUT2D eigenvalue weighted by Crippen LogP contribution is -2.29. The van der Waals surface area contributed by atoms with Crippen molar-refractivity contribution in [1.29, 1.82) is 0 Å². The first kappa shape index (κ1) is 13.5. The summed E-state index contributed by atoms with van der Waals surface area (Å²) in [5.74, 6) is 0.928. The molecule has 0 aromatic carbocycles. The standard InChI is InChI=1S/C12H24N2O2/c1-3-11-9-12(15)14(10-11)7-4-5-13-6-8-16-2/h11,13H,3-10H2,1-2H3. The van der Waals surface area contributed by atoms with Crippen LogP contribution in [0.1, 0.15) is 26.2 Å². The maximum atomic E-state index is 11.6. The van der Waals surface area contributed by atoms with Crippen molar-refractivity contribution in [2.45, 2.75) is 26.2 Å². The van der Waals surface area contributed by atoms with Crippen LogP contribution in [0.15, 0.2) is 0 Å². The van der Waals surface area contributed by atoms with Crippen molar-refractivity contribution in [3.63, 3.8) is 0 Å². The Hall–Kier alpha value is -0.610. The fourth-order valence-corrected chi connectivity index (χ4v) is 2.04. The van der Waals surface area contributed by atoms with E-state index in [-0.39, 0.29) is 0 Å². The van der Waals surface area contributed by atoms with E-state index in [9.17, 15) is 4.79 Å². The van der Waals surface area contributed by atoms with Gasteiger partial charge in [-0.1, -0.05) is 13.3 Å². The van der Waals surface area contributed by atoms with Gasteiger partial charge in [0.2, 0.25) is 5.91 Å². The van der Waals surface area contributed by atoms with E-state index >= 15 is 0 Å². The van der Waals surface area contributed by atoms with Gasteiger partial charge in [0.15, 0.2) is 0 Å². The van der Waals surface area contributed by atoms with Gasteiger partial charge in [-0.15, -0.1) is 0 Å². The zero-order valence-corrected chi connectivity index (χ0v) is 10.5. The molecule has 0 aliphatic carbocycles. The molecule has 16 heavy (non-hydrogen) atoms. The molecular weight excluding hydrogens is 204 g/mol. The van der Waals surface area contributed by atoms with Crippen molar-refractivity contribution < 1.29 is 9.53 Å². The Morgan fingerprint density at radius 2 is 2.31 bits per heavy atom. The highest BCUT2D eigenvalue weighted by molar-refractivity contribution is 5.78. The lowest BCUT2D eigenvalue weighted by Gasteiger charge is -2.16. The van der Waals surface area contributed by atoms with E-state index < -0.39 is 0 Å². The summed E-state index contributed by atoms with van der Waals surface area (Å²) in [5, 5.41) is 3.29. The number of likely N-dealkylation sites (tertiary alicyclic amines) is 1. The molecule has 0 aromatic heterocycles. The maximum absolute atomic E-state index is 11.6. The summed E-state index contributed by atoms with van der Waals surface area (Å²) < 4.78 is 4.94. The van der Waals surface area contributed by atoms with E-state index in [1.165, 1.54) is 0 Å². The highest BCUT2D eigenvalue weighted by Gasteiger charge is 2.27. The average molecular weight is 228 g/mol. The van der Waals surface area contributed by atoms with Gasteiger partial charge in [0.1, 0.15) is 0 Å². The summed E-state index contributed by atoms with van der Waals surface area (Å²) in [6.45, 7) is 6.63. The van der Waals surface area contributed by atoms with Crippen molar-refractivity contribution in [3.05, 3.63) is 0 Å². The monoisotopic (exact) mass is 228 g/mol. The fraction of sp³-hybridized carbons (Fsp3) is 0.917. The predicted octanol–water partition coefficient (Wildman–Crippen LogP) is 0.871. The molecule has 1 fully saturated rings. The molecule has 1 amide bonds. The van der Waals surface area contributed by atoms with Gasteiger partial charge in [0, 0.05) is 33.2 Å². The van der Waals surface area contributed by atoms with Gasteiger partial charge in [0.05, 0.1) is 6.61 Å². The summed E-state index contributed by atoms with van der Waals surface area (Å²) in [6, 6.07) is 0. The van der Waals surface area contributed by atoms with E-state index in [4.69, 9.17) is 4.74 Å². The van der Waals surface area contributed by atoms with Crippen LogP contribution >= 0.6 is 0 Å². The Morgan fingerprint density at radius 3 is 2.94 bits per heavy atom. The maximum Gasteiger partial charge on any atom is 0.222 e. The number of ether oxygens (including phenoxy) is 1. The molecule has 0 aromatic rings. The largest absolute Gasteiger partial charge is 0.383 e. The van der Waals surface area contributed by atoms with E-state index in [1.54, 1.807) is 7.11 Å². The third kappa shape index (κ3) is 4.49. The molecule has 0 bridgehead atoms. The molecule has 0 saturated carbocycles. The van der Waals surface area contributed by atoms with Gasteiger partial charge in [-0.25, -0.2) is 0 Å². The third-order valence-electron chi connectivity index (χ3n) is 3.14. The normalized spacial score (nSPS) is 20.8. The molecule has 4 nitrogen and oxygen atoms in total. The van der Waals surface area contributed by atoms with Crippen molar-refractivity contribution in [1.82, 2.24) is 10.2 Å². The van der Waals surface area contributed by atoms with Crippen molar-refractivity contribution >= 4 is 5.91 Å². The van der Waals surface area contributed by atoms with Crippen LogP contribution in [0.4, 0.5) is 0 Å². The first-order chi connectivity index (χ1) is 7.77. The number of carbonyl (C=O) groups excluding carboxylic acids is 1. The van der Waals surface area contributed by atoms with Gasteiger partial charge < -0.3 is 15.0 Å². The molecule has 0 spiro atoms. The van der Waals surface area contributed by atoms with E-state index in [1.807, 2.05) is 4.90 Å². The smallest absolute Gasteiger partial charge is 0.222 e. The number of amides is 1. The van der Waals surface area contributed by atoms with E-state index in [0.29, 0.717) is 11.8 Å². The Bertz CT molecular complexity index is 209. The fourth-order valence-electron chi connectivity index (χ4n) is 2.04. The minimum atomic E-state index is 0.337. The van der Waals surface area contributed by atoms with Crippen molar-refractivity contribution in [2.75, 3.05) is 39.9 Å². The molecule has 1 atom stereocenters. The van der Waals surface area contributed by atoms with E-state index in [2.05, 4.69) is 12.2 Å². The number of hydrogen-bond donors (Lipinski definition) is 1. The van der Waals surface area contributed by atoms with Crippen LogP contribution in [0, 0.1) is 5.92 Å². The summed E-state index contributed by atoms with van der Waals surface area (Å²) in [6.07, 6.45) is 2.91. The Kier molecular flexibility index (Phi) is 6.42. The Morgan fingerprint density at radius 1 is 1.50 bits per heavy atom. The van der Waals surface area contributed by atoms with Crippen LogP contribution in [-0.4, -0.2) is 50.7 Å². The molecule has 1 N–H and O–H groups in total. The molecule has 4 heteroatoms. The summed E-state index contributed by atoms with van der Waals surface area (Å²) in [5.41, 5.74) is 0. The average Bonchev–Trinajstić information content (AvgIpc) is 2.65. The van der Waals surface area contributed by atoms with Crippen LogP contribution in [-0.2, 0) is 9.53 Å². The second-order valence-electron chi connectivity index (χ2n) is 4.41. The van der Waals surface area contributed by atoms with Crippen LogP contribution < -0.4 is 5.32 Å². The second-order valence-corrected chi connectivity index (χ2v) is 4.41. The predicted molar refractivity (Wildman–Crippen MR) is 64.3 cm³/mol. The minimum absolute atomic E-state index is 0.337. The van der Waals surface area contributed by atoms with Crippen LogP contribution in [0.3, 0.4) is 0 Å². The first-order valence-corrected chi connectivity index (χ1v) is 6.25. The zero-order valence-electron chi connectivity index (χ0n) is 10.5. The lowest BCUT2D eigenvalue weighted by molar-refractivity contribution is -0.127. The quantitative estimate of drug-likeness (QED) is 0.627. The zero-order chi connectivity index (χ0) is 11.8. The van der Waals surface area contributed by atoms with Gasteiger partial charge in [-0.2, -0.15) is 0 Å². The van der Waals surface area contributed by atoms with Gasteiger partial charge in [-0.05, 0) is 18.9 Å². The number of methoxy groups -OCH3 is 1. The van der Waals surface area contributed by atoms with Crippen LogP contribution in [0.5, 0.6) is 0 Å². The van der Waals surface area contributed by atoms with Gasteiger partial charge in [-0.3, -0.25) is 4.79 Å². The number of nitrogens with one attached hydrogen (secondary N) is 1. The molecule has 1 unspecified atom stereocenters. The summed E-state index contributed by atoms with van der Waals surface area (Å²) in [7, 11) is 1.70.